The van der Waals surface area contributed by atoms with Crippen molar-refractivity contribution in [2.24, 2.45) is 11.3 Å². The maximum absolute atomic E-state index is 12.4. The predicted octanol–water partition coefficient (Wildman–Crippen LogP) is 1.96. The summed E-state index contributed by atoms with van der Waals surface area (Å²) in [4.78, 5) is 16.7. The number of piperazine rings is 1. The zero-order valence-electron chi connectivity index (χ0n) is 12.3. The van der Waals surface area contributed by atoms with Gasteiger partial charge in [-0.15, -0.1) is 0 Å². The van der Waals surface area contributed by atoms with E-state index in [-0.39, 0.29) is 11.3 Å². The summed E-state index contributed by atoms with van der Waals surface area (Å²) in [5.41, 5.74) is 8.14. The van der Waals surface area contributed by atoms with Crippen molar-refractivity contribution in [3.05, 3.63) is 24.3 Å². The van der Waals surface area contributed by atoms with E-state index in [1.807, 2.05) is 23.1 Å². The van der Waals surface area contributed by atoms with Crippen LogP contribution in [0.3, 0.4) is 0 Å². The number of hydrogen-bond acceptors (Lipinski definition) is 3. The average Bonchev–Trinajstić information content (AvgIpc) is 3.08. The van der Waals surface area contributed by atoms with Crippen molar-refractivity contribution in [2.45, 2.75) is 20.3 Å². The van der Waals surface area contributed by atoms with E-state index in [0.717, 1.165) is 44.0 Å². The Kier molecular flexibility index (Phi) is 3.11. The molecule has 1 heterocycles. The quantitative estimate of drug-likeness (QED) is 0.838. The summed E-state index contributed by atoms with van der Waals surface area (Å²) in [5.74, 6) is 0.589. The summed E-state index contributed by atoms with van der Waals surface area (Å²) >= 11 is 0. The molecule has 1 atom stereocenters. The second-order valence-electron chi connectivity index (χ2n) is 6.62. The van der Waals surface area contributed by atoms with Crippen LogP contribution in [-0.4, -0.2) is 37.0 Å². The highest BCUT2D eigenvalue weighted by atomic mass is 16.2. The molecule has 20 heavy (non-hydrogen) atoms. The molecule has 0 spiro atoms. The van der Waals surface area contributed by atoms with Gasteiger partial charge in [-0.2, -0.15) is 0 Å². The van der Waals surface area contributed by atoms with E-state index < -0.39 is 0 Å². The van der Waals surface area contributed by atoms with Crippen LogP contribution < -0.4 is 10.6 Å². The fourth-order valence-electron chi connectivity index (χ4n) is 3.05. The highest BCUT2D eigenvalue weighted by Crippen LogP contribution is 2.52. The number of benzene rings is 1. The molecule has 4 nitrogen and oxygen atoms in total. The van der Waals surface area contributed by atoms with Gasteiger partial charge in [0.15, 0.2) is 0 Å². The van der Waals surface area contributed by atoms with Crippen LogP contribution in [0.4, 0.5) is 11.4 Å². The van der Waals surface area contributed by atoms with Gasteiger partial charge in [0.25, 0.3) is 0 Å². The third-order valence-electron chi connectivity index (χ3n) is 4.68. The summed E-state index contributed by atoms with van der Waals surface area (Å²) < 4.78 is 0. The summed E-state index contributed by atoms with van der Waals surface area (Å²) in [7, 11) is 0. The van der Waals surface area contributed by atoms with Crippen LogP contribution in [0.15, 0.2) is 24.3 Å². The maximum atomic E-state index is 12.4. The zero-order valence-corrected chi connectivity index (χ0v) is 12.3. The number of nitrogens with two attached hydrogens (primary N) is 1. The van der Waals surface area contributed by atoms with Gasteiger partial charge < -0.3 is 15.5 Å². The van der Waals surface area contributed by atoms with E-state index in [1.165, 1.54) is 0 Å². The van der Waals surface area contributed by atoms with Gasteiger partial charge >= 0.3 is 0 Å². The lowest BCUT2D eigenvalue weighted by Gasteiger charge is -2.37. The zero-order chi connectivity index (χ0) is 14.3. The Hall–Kier alpha value is -1.71. The first-order chi connectivity index (χ1) is 9.49. The van der Waals surface area contributed by atoms with Gasteiger partial charge in [0.1, 0.15) is 0 Å². The van der Waals surface area contributed by atoms with E-state index in [9.17, 15) is 4.79 Å². The minimum absolute atomic E-state index is 0.220. The summed E-state index contributed by atoms with van der Waals surface area (Å²) in [5, 5.41) is 0. The van der Waals surface area contributed by atoms with Crippen molar-refractivity contribution in [3.8, 4) is 0 Å². The average molecular weight is 273 g/mol. The van der Waals surface area contributed by atoms with Gasteiger partial charge in [0.05, 0.1) is 11.4 Å². The van der Waals surface area contributed by atoms with E-state index in [1.54, 1.807) is 0 Å². The van der Waals surface area contributed by atoms with Crippen LogP contribution in [-0.2, 0) is 4.79 Å². The topological polar surface area (TPSA) is 49.6 Å². The molecule has 1 saturated carbocycles. The molecule has 0 radical (unpaired) electrons. The predicted molar refractivity (Wildman–Crippen MR) is 81.5 cm³/mol. The van der Waals surface area contributed by atoms with Crippen molar-refractivity contribution in [2.75, 3.05) is 36.8 Å². The lowest BCUT2D eigenvalue weighted by atomic mass is 10.1. The molecule has 1 aromatic carbocycles. The molecule has 1 aliphatic heterocycles. The van der Waals surface area contributed by atoms with Gasteiger partial charge in [-0.05, 0) is 24.0 Å². The fraction of sp³-hybridized carbons (Fsp3) is 0.562. The first kappa shape index (κ1) is 13.3. The van der Waals surface area contributed by atoms with Crippen molar-refractivity contribution < 1.29 is 4.79 Å². The molecule has 3 rings (SSSR count). The summed E-state index contributed by atoms with van der Waals surface area (Å²) in [6, 6.07) is 7.94. The summed E-state index contributed by atoms with van der Waals surface area (Å²) in [6.45, 7) is 7.70. The van der Waals surface area contributed by atoms with Crippen molar-refractivity contribution in [3.63, 3.8) is 0 Å². The van der Waals surface area contributed by atoms with E-state index in [2.05, 4.69) is 24.8 Å². The van der Waals surface area contributed by atoms with Crippen molar-refractivity contribution in [1.29, 1.82) is 0 Å². The SMILES string of the molecule is CC1(C)CC1C(=O)N1CCN(c2ccccc2N)CC1. The Bertz CT molecular complexity index is 518. The second kappa shape index (κ2) is 4.69. The number of nitrogens with zero attached hydrogens (tertiary/aromatic N) is 2. The largest absolute Gasteiger partial charge is 0.397 e. The number of amides is 1. The van der Waals surface area contributed by atoms with Crippen LogP contribution >= 0.6 is 0 Å². The summed E-state index contributed by atoms with van der Waals surface area (Å²) in [6.07, 6.45) is 1.04. The van der Waals surface area contributed by atoms with Gasteiger partial charge in [-0.3, -0.25) is 4.79 Å². The number of carbonyl (C=O) groups is 1. The number of hydrogen-bond donors (Lipinski definition) is 1. The maximum Gasteiger partial charge on any atom is 0.226 e. The normalized spacial score (nSPS) is 24.6. The van der Waals surface area contributed by atoms with Gasteiger partial charge in [0, 0.05) is 32.1 Å². The number of carbonyl (C=O) groups excluding carboxylic acids is 1. The molecule has 2 N–H and O–H groups in total. The Morgan fingerprint density at radius 3 is 2.35 bits per heavy atom. The molecule has 1 saturated heterocycles. The number of anilines is 2. The Morgan fingerprint density at radius 2 is 1.80 bits per heavy atom. The van der Waals surface area contributed by atoms with Crippen LogP contribution in [0.1, 0.15) is 20.3 Å². The van der Waals surface area contributed by atoms with Crippen LogP contribution in [0.5, 0.6) is 0 Å². The molecular weight excluding hydrogens is 250 g/mol. The molecule has 0 aromatic heterocycles. The van der Waals surface area contributed by atoms with Crippen LogP contribution in [0, 0.1) is 11.3 Å². The standard InChI is InChI=1S/C16H23N3O/c1-16(2)11-12(16)15(20)19-9-7-18(8-10-19)14-6-4-3-5-13(14)17/h3-6,12H,7-11,17H2,1-2H3. The lowest BCUT2D eigenvalue weighted by molar-refractivity contribution is -0.133. The molecule has 108 valence electrons. The highest BCUT2D eigenvalue weighted by molar-refractivity contribution is 5.83. The molecule has 4 heteroatoms. The second-order valence-corrected chi connectivity index (χ2v) is 6.62. The lowest BCUT2D eigenvalue weighted by Crippen LogP contribution is -2.49. The Balaban J connectivity index is 1.60. The minimum atomic E-state index is 0.220. The highest BCUT2D eigenvalue weighted by Gasteiger charge is 2.52. The fourth-order valence-corrected chi connectivity index (χ4v) is 3.05. The van der Waals surface area contributed by atoms with E-state index in [4.69, 9.17) is 5.73 Å². The van der Waals surface area contributed by atoms with E-state index >= 15 is 0 Å². The first-order valence-electron chi connectivity index (χ1n) is 7.37. The third-order valence-corrected chi connectivity index (χ3v) is 4.68. The first-order valence-corrected chi connectivity index (χ1v) is 7.37. The smallest absolute Gasteiger partial charge is 0.226 e. The minimum Gasteiger partial charge on any atom is -0.397 e. The van der Waals surface area contributed by atoms with Gasteiger partial charge in [-0.25, -0.2) is 0 Å². The molecule has 2 aliphatic rings. The molecule has 1 amide bonds. The molecule has 1 aliphatic carbocycles. The number of rotatable bonds is 2. The monoisotopic (exact) mass is 273 g/mol. The van der Waals surface area contributed by atoms with Crippen molar-refractivity contribution in [1.82, 2.24) is 4.90 Å². The number of nitrogen functional groups attached to an aromatic ring is 1. The van der Waals surface area contributed by atoms with Crippen LogP contribution in [0.25, 0.3) is 0 Å². The number of para-hydroxylation sites is 2. The molecule has 0 bridgehead atoms. The molecular formula is C16H23N3O. The molecule has 1 unspecified atom stereocenters. The van der Waals surface area contributed by atoms with Gasteiger partial charge in [-0.1, -0.05) is 26.0 Å². The molecule has 2 fully saturated rings. The Labute approximate surface area is 120 Å². The Morgan fingerprint density at radius 1 is 1.20 bits per heavy atom. The third kappa shape index (κ3) is 2.35. The van der Waals surface area contributed by atoms with Crippen molar-refractivity contribution >= 4 is 17.3 Å². The van der Waals surface area contributed by atoms with E-state index in [0.29, 0.717) is 5.91 Å². The van der Waals surface area contributed by atoms with Gasteiger partial charge in [0.2, 0.25) is 5.91 Å². The van der Waals surface area contributed by atoms with Crippen LogP contribution in [0.2, 0.25) is 0 Å². The molecule has 1 aromatic rings.